The summed E-state index contributed by atoms with van der Waals surface area (Å²) in [7, 11) is 0. The Balaban J connectivity index is 2.69. The average Bonchev–Trinajstić information content (AvgIpc) is 2.57. The van der Waals surface area contributed by atoms with Crippen molar-refractivity contribution in [1.29, 1.82) is 5.26 Å². The molecule has 0 fully saturated rings. The van der Waals surface area contributed by atoms with Crippen LogP contribution in [0.3, 0.4) is 0 Å². The molecule has 1 aromatic carbocycles. The van der Waals surface area contributed by atoms with Gasteiger partial charge in [0, 0.05) is 4.47 Å². The minimum absolute atomic E-state index is 0.595. The zero-order chi connectivity index (χ0) is 12.6. The van der Waals surface area contributed by atoms with Crippen LogP contribution in [0.4, 0.5) is 0 Å². The molecule has 17 heavy (non-hydrogen) atoms. The summed E-state index contributed by atoms with van der Waals surface area (Å²) in [5.74, 6) is 0. The molecule has 0 saturated heterocycles. The summed E-state index contributed by atoms with van der Waals surface area (Å²) in [5, 5.41) is 13.6. The van der Waals surface area contributed by atoms with E-state index in [2.05, 4.69) is 43.0 Å². The number of aromatic nitrogens is 2. The zero-order valence-electron chi connectivity index (χ0n) is 9.33. The summed E-state index contributed by atoms with van der Waals surface area (Å²) in [6.45, 7) is 3.89. The second kappa shape index (κ2) is 4.63. The normalized spacial score (nSPS) is 10.3. The summed E-state index contributed by atoms with van der Waals surface area (Å²) in [6, 6.07) is 7.76. The second-order valence-electron chi connectivity index (χ2n) is 3.67. The van der Waals surface area contributed by atoms with Gasteiger partial charge in [-0.05, 0) is 48.0 Å². The van der Waals surface area contributed by atoms with E-state index in [0.717, 1.165) is 26.0 Å². The van der Waals surface area contributed by atoms with Gasteiger partial charge in [0.2, 0.25) is 0 Å². The van der Waals surface area contributed by atoms with Crippen molar-refractivity contribution in [2.75, 3.05) is 0 Å². The van der Waals surface area contributed by atoms with Crippen LogP contribution in [-0.2, 0) is 0 Å². The molecule has 0 aliphatic rings. The molecule has 0 saturated carbocycles. The third-order valence-electron chi connectivity index (χ3n) is 2.51. The molecule has 3 nitrogen and oxygen atoms in total. The smallest absolute Gasteiger partial charge is 0.101 e. The molecular formula is C12H9Br2N3. The highest BCUT2D eigenvalue weighted by atomic mass is 79.9. The predicted molar refractivity (Wildman–Crippen MR) is 73.2 cm³/mol. The topological polar surface area (TPSA) is 41.6 Å². The first kappa shape index (κ1) is 12.3. The number of hydrogen-bond donors (Lipinski definition) is 0. The van der Waals surface area contributed by atoms with Gasteiger partial charge < -0.3 is 0 Å². The first-order valence-corrected chi connectivity index (χ1v) is 6.55. The largest absolute Gasteiger partial charge is 0.235 e. The molecule has 0 N–H and O–H groups in total. The Kier molecular flexibility index (Phi) is 3.36. The van der Waals surface area contributed by atoms with Crippen LogP contribution in [0.15, 0.2) is 27.1 Å². The fraction of sp³-hybridized carbons (Fsp3) is 0.167. The van der Waals surface area contributed by atoms with Crippen LogP contribution < -0.4 is 0 Å². The molecule has 86 valence electrons. The number of nitrogens with zero attached hydrogens (tertiary/aromatic N) is 3. The highest BCUT2D eigenvalue weighted by molar-refractivity contribution is 9.10. The fourth-order valence-electron chi connectivity index (χ4n) is 1.64. The van der Waals surface area contributed by atoms with Gasteiger partial charge >= 0.3 is 0 Å². The quantitative estimate of drug-likeness (QED) is 0.779. The number of nitriles is 1. The first-order valence-electron chi connectivity index (χ1n) is 4.96. The lowest BCUT2D eigenvalue weighted by molar-refractivity contribution is 0.830. The van der Waals surface area contributed by atoms with Crippen LogP contribution in [0.5, 0.6) is 0 Å². The second-order valence-corrected chi connectivity index (χ2v) is 5.38. The van der Waals surface area contributed by atoms with Gasteiger partial charge in [-0.1, -0.05) is 15.9 Å². The van der Waals surface area contributed by atoms with Crippen LogP contribution in [-0.4, -0.2) is 9.78 Å². The Hall–Kier alpha value is -1.12. The van der Waals surface area contributed by atoms with Gasteiger partial charge in [0.25, 0.3) is 0 Å². The molecule has 0 amide bonds. The third-order valence-corrected chi connectivity index (χ3v) is 4.15. The van der Waals surface area contributed by atoms with Gasteiger partial charge in [-0.15, -0.1) is 0 Å². The average molecular weight is 355 g/mol. The van der Waals surface area contributed by atoms with Crippen molar-refractivity contribution in [1.82, 2.24) is 9.78 Å². The van der Waals surface area contributed by atoms with Crippen molar-refractivity contribution >= 4 is 31.9 Å². The van der Waals surface area contributed by atoms with E-state index in [1.807, 2.05) is 26.0 Å². The minimum atomic E-state index is 0.595. The number of rotatable bonds is 1. The molecule has 1 aromatic heterocycles. The predicted octanol–water partition coefficient (Wildman–Crippen LogP) is 3.89. The highest BCUT2D eigenvalue weighted by Crippen LogP contribution is 2.25. The molecular weight excluding hydrogens is 346 g/mol. The van der Waals surface area contributed by atoms with E-state index in [1.165, 1.54) is 0 Å². The van der Waals surface area contributed by atoms with E-state index in [-0.39, 0.29) is 0 Å². The van der Waals surface area contributed by atoms with Crippen LogP contribution >= 0.6 is 31.9 Å². The summed E-state index contributed by atoms with van der Waals surface area (Å²) in [6.07, 6.45) is 0. The molecule has 0 atom stereocenters. The van der Waals surface area contributed by atoms with Crippen molar-refractivity contribution in [2.45, 2.75) is 13.8 Å². The SMILES string of the molecule is Cc1nn(-c2ccc(Br)cc2C#N)c(C)c1Br. The van der Waals surface area contributed by atoms with E-state index in [9.17, 15) is 0 Å². The van der Waals surface area contributed by atoms with Crippen molar-refractivity contribution in [3.05, 3.63) is 44.1 Å². The van der Waals surface area contributed by atoms with E-state index in [4.69, 9.17) is 5.26 Å². The third kappa shape index (κ3) is 2.15. The van der Waals surface area contributed by atoms with Gasteiger partial charge in [-0.25, -0.2) is 4.68 Å². The summed E-state index contributed by atoms with van der Waals surface area (Å²) in [5.41, 5.74) is 3.29. The van der Waals surface area contributed by atoms with Gasteiger partial charge in [-0.2, -0.15) is 10.4 Å². The molecule has 5 heteroatoms. The fourth-order valence-corrected chi connectivity index (χ4v) is 2.25. The van der Waals surface area contributed by atoms with E-state index in [0.29, 0.717) is 5.56 Å². The maximum absolute atomic E-state index is 9.15. The van der Waals surface area contributed by atoms with Crippen molar-refractivity contribution in [3.8, 4) is 11.8 Å². The lowest BCUT2D eigenvalue weighted by atomic mass is 10.2. The maximum atomic E-state index is 9.15. The van der Waals surface area contributed by atoms with Crippen molar-refractivity contribution < 1.29 is 0 Å². The molecule has 0 spiro atoms. The Morgan fingerprint density at radius 1 is 1.29 bits per heavy atom. The number of aryl methyl sites for hydroxylation is 1. The highest BCUT2D eigenvalue weighted by Gasteiger charge is 2.13. The maximum Gasteiger partial charge on any atom is 0.101 e. The standard InChI is InChI=1S/C12H9Br2N3/c1-7-12(14)8(2)17(16-7)11-4-3-10(13)5-9(11)6-15/h3-5H,1-2H3. The Bertz CT molecular complexity index is 623. The Morgan fingerprint density at radius 2 is 2.00 bits per heavy atom. The number of hydrogen-bond acceptors (Lipinski definition) is 2. The van der Waals surface area contributed by atoms with E-state index < -0.39 is 0 Å². The van der Waals surface area contributed by atoms with Crippen molar-refractivity contribution in [2.24, 2.45) is 0 Å². The summed E-state index contributed by atoms with van der Waals surface area (Å²) < 4.78 is 3.65. The lowest BCUT2D eigenvalue weighted by Gasteiger charge is -2.06. The van der Waals surface area contributed by atoms with Crippen LogP contribution in [0.1, 0.15) is 17.0 Å². The molecule has 2 aromatic rings. The molecule has 1 heterocycles. The molecule has 0 radical (unpaired) electrons. The first-order chi connectivity index (χ1) is 8.04. The van der Waals surface area contributed by atoms with Crippen LogP contribution in [0.25, 0.3) is 5.69 Å². The Labute approximate surface area is 116 Å². The zero-order valence-corrected chi connectivity index (χ0v) is 12.5. The van der Waals surface area contributed by atoms with Crippen LogP contribution in [0, 0.1) is 25.2 Å². The van der Waals surface area contributed by atoms with Gasteiger partial charge in [0.1, 0.15) is 6.07 Å². The molecule has 0 aliphatic carbocycles. The Morgan fingerprint density at radius 3 is 2.53 bits per heavy atom. The minimum Gasteiger partial charge on any atom is -0.235 e. The van der Waals surface area contributed by atoms with E-state index >= 15 is 0 Å². The van der Waals surface area contributed by atoms with Gasteiger partial charge in [0.05, 0.1) is 27.1 Å². The molecule has 0 aliphatic heterocycles. The van der Waals surface area contributed by atoms with Crippen molar-refractivity contribution in [3.63, 3.8) is 0 Å². The monoisotopic (exact) mass is 353 g/mol. The molecule has 2 rings (SSSR count). The summed E-state index contributed by atoms with van der Waals surface area (Å²) >= 11 is 6.84. The number of halogens is 2. The lowest BCUT2D eigenvalue weighted by Crippen LogP contribution is -2.01. The van der Waals surface area contributed by atoms with E-state index in [1.54, 1.807) is 10.7 Å². The van der Waals surface area contributed by atoms with Gasteiger partial charge in [-0.3, -0.25) is 0 Å². The molecule has 0 unspecified atom stereocenters. The number of benzene rings is 1. The van der Waals surface area contributed by atoms with Gasteiger partial charge in [0.15, 0.2) is 0 Å². The molecule has 0 bridgehead atoms. The van der Waals surface area contributed by atoms with Crippen LogP contribution in [0.2, 0.25) is 0 Å². The summed E-state index contributed by atoms with van der Waals surface area (Å²) in [4.78, 5) is 0.